The van der Waals surface area contributed by atoms with Crippen molar-refractivity contribution in [2.45, 2.75) is 32.7 Å². The second-order valence-electron chi connectivity index (χ2n) is 9.01. The van der Waals surface area contributed by atoms with Crippen LogP contribution in [0, 0.1) is 5.92 Å². The monoisotopic (exact) mass is 417 g/mol. The van der Waals surface area contributed by atoms with Gasteiger partial charge in [0.15, 0.2) is 0 Å². The average molecular weight is 418 g/mol. The van der Waals surface area contributed by atoms with Gasteiger partial charge in [-0.15, -0.1) is 0 Å². The Balaban J connectivity index is 2.73. The number of benzene rings is 2. The summed E-state index contributed by atoms with van der Waals surface area (Å²) >= 11 is 0. The summed E-state index contributed by atoms with van der Waals surface area (Å²) in [4.78, 5) is 2.10. The number of nitrogens with two attached hydrogens (primary N) is 1. The Morgan fingerprint density at radius 1 is 1.00 bits per heavy atom. The van der Waals surface area contributed by atoms with Gasteiger partial charge in [-0.2, -0.15) is 0 Å². The van der Waals surface area contributed by atoms with Crippen LogP contribution >= 0.6 is 0 Å². The van der Waals surface area contributed by atoms with Crippen LogP contribution in [0.4, 0.5) is 0 Å². The molecule has 0 radical (unpaired) electrons. The van der Waals surface area contributed by atoms with E-state index < -0.39 is 18.2 Å². The fraction of sp³-hybridized carbons (Fsp3) is 0.455. The van der Waals surface area contributed by atoms with Crippen molar-refractivity contribution >= 4 is 28.5 Å². The molecule has 154 valence electrons. The third-order valence-electron chi connectivity index (χ3n) is 4.96. The molecule has 0 saturated heterocycles. The zero-order valence-corrected chi connectivity index (χ0v) is 19.9. The molecule has 2 atom stereocenters. The quantitative estimate of drug-likeness (QED) is 0.704. The summed E-state index contributed by atoms with van der Waals surface area (Å²) in [6.07, 6.45) is 0. The van der Waals surface area contributed by atoms with Gasteiger partial charge in [0.2, 0.25) is 0 Å². The molecule has 4 nitrogen and oxygen atoms in total. The Labute approximate surface area is 172 Å². The summed E-state index contributed by atoms with van der Waals surface area (Å²) in [5.41, 5.74) is 0. The second-order valence-corrected chi connectivity index (χ2v) is 15.5. The topological polar surface area (TPSA) is 58.7 Å². The molecule has 2 unspecified atom stereocenters. The molecule has 2 aromatic rings. The maximum Gasteiger partial charge on any atom is 0.261 e. The lowest BCUT2D eigenvalue weighted by Crippen LogP contribution is -2.64. The summed E-state index contributed by atoms with van der Waals surface area (Å²) in [7, 11) is -1.59. The van der Waals surface area contributed by atoms with E-state index in [1.54, 1.807) is 0 Å². The SMILES string of the molecule is CC(CN(C)C)CS(N)(=O)=N[Si](c1ccccc1)(c1ccccc1)C(C)(C)C. The van der Waals surface area contributed by atoms with Crippen LogP contribution in [0.2, 0.25) is 5.04 Å². The van der Waals surface area contributed by atoms with Crippen molar-refractivity contribution in [3.63, 3.8) is 0 Å². The average Bonchev–Trinajstić information content (AvgIpc) is 2.59. The molecule has 0 amide bonds. The van der Waals surface area contributed by atoms with Crippen molar-refractivity contribution in [2.24, 2.45) is 15.1 Å². The lowest BCUT2D eigenvalue weighted by Gasteiger charge is -2.40. The van der Waals surface area contributed by atoms with Gasteiger partial charge in [0.05, 0.1) is 9.92 Å². The molecule has 2 N–H and O–H groups in total. The first-order chi connectivity index (χ1) is 13.0. The third-order valence-corrected chi connectivity index (χ3v) is 12.8. The Kier molecular flexibility index (Phi) is 7.25. The van der Waals surface area contributed by atoms with Gasteiger partial charge in [0, 0.05) is 12.3 Å². The zero-order valence-electron chi connectivity index (χ0n) is 18.1. The van der Waals surface area contributed by atoms with E-state index in [-0.39, 0.29) is 11.0 Å². The fourth-order valence-corrected chi connectivity index (χ4v) is 12.4. The highest BCUT2D eigenvalue weighted by Crippen LogP contribution is 2.37. The van der Waals surface area contributed by atoms with Gasteiger partial charge in [0.1, 0.15) is 0 Å². The summed E-state index contributed by atoms with van der Waals surface area (Å²) in [6, 6.07) is 20.6. The molecule has 0 aromatic heterocycles. The Hall–Kier alpha value is -1.47. The summed E-state index contributed by atoms with van der Waals surface area (Å²) in [5, 5.41) is 8.53. The fourth-order valence-electron chi connectivity index (χ4n) is 3.99. The zero-order chi connectivity index (χ0) is 21.0. The predicted octanol–water partition coefficient (Wildman–Crippen LogP) is 3.09. The molecule has 0 bridgehead atoms. The molecule has 0 aliphatic heterocycles. The first kappa shape index (κ1) is 22.8. The molecule has 2 aromatic carbocycles. The summed E-state index contributed by atoms with van der Waals surface area (Å²) in [6.45, 7) is 9.52. The highest BCUT2D eigenvalue weighted by atomic mass is 32.2. The van der Waals surface area contributed by atoms with Crippen LogP contribution in [-0.4, -0.2) is 43.7 Å². The van der Waals surface area contributed by atoms with Gasteiger partial charge < -0.3 is 4.90 Å². The first-order valence-electron chi connectivity index (χ1n) is 9.77. The van der Waals surface area contributed by atoms with Crippen LogP contribution in [-0.2, 0) is 9.92 Å². The van der Waals surface area contributed by atoms with E-state index in [0.29, 0.717) is 5.75 Å². The maximum absolute atomic E-state index is 13.6. The van der Waals surface area contributed by atoms with E-state index in [4.69, 9.17) is 9.17 Å². The number of hydrogen-bond acceptors (Lipinski definition) is 3. The van der Waals surface area contributed by atoms with Crippen LogP contribution < -0.4 is 15.5 Å². The molecule has 0 fully saturated rings. The Morgan fingerprint density at radius 3 is 1.79 bits per heavy atom. The smallest absolute Gasteiger partial charge is 0.261 e. The molecule has 0 aliphatic carbocycles. The lowest BCUT2D eigenvalue weighted by atomic mass is 10.2. The van der Waals surface area contributed by atoms with Gasteiger partial charge in [-0.05, 0) is 35.4 Å². The molecule has 0 heterocycles. The molecule has 2 rings (SSSR count). The standard InChI is InChI=1S/C22H35N3OSSi/c1-19(17-25(5)6)18-27(23,26)24-28(22(2,3)4,20-13-9-7-10-14-20)21-15-11-8-12-16-21/h7-16,19H,17-18H2,1-6H3,(H2,23,24,26). The van der Waals surface area contributed by atoms with Gasteiger partial charge >= 0.3 is 0 Å². The van der Waals surface area contributed by atoms with Crippen molar-refractivity contribution in [3.05, 3.63) is 60.7 Å². The normalized spacial score (nSPS) is 15.9. The van der Waals surface area contributed by atoms with Gasteiger partial charge in [-0.1, -0.05) is 88.4 Å². The van der Waals surface area contributed by atoms with Crippen LogP contribution in [0.15, 0.2) is 64.7 Å². The van der Waals surface area contributed by atoms with Crippen LogP contribution in [0.25, 0.3) is 0 Å². The molecular formula is C22H35N3OSSi. The molecule has 0 saturated carbocycles. The molecule has 0 spiro atoms. The molecular weight excluding hydrogens is 382 g/mol. The third kappa shape index (κ3) is 5.32. The van der Waals surface area contributed by atoms with E-state index in [1.165, 1.54) is 0 Å². The van der Waals surface area contributed by atoms with Crippen molar-refractivity contribution in [3.8, 4) is 0 Å². The number of rotatable bonds is 7. The molecule has 28 heavy (non-hydrogen) atoms. The molecule has 6 heteroatoms. The van der Waals surface area contributed by atoms with Crippen molar-refractivity contribution in [1.29, 1.82) is 0 Å². The number of hydrogen-bond donors (Lipinski definition) is 1. The lowest BCUT2D eigenvalue weighted by molar-refractivity contribution is 0.355. The minimum Gasteiger partial charge on any atom is -0.309 e. The van der Waals surface area contributed by atoms with Crippen molar-refractivity contribution in [2.75, 3.05) is 26.4 Å². The minimum absolute atomic E-state index is 0.192. The van der Waals surface area contributed by atoms with Crippen molar-refractivity contribution in [1.82, 2.24) is 4.90 Å². The maximum atomic E-state index is 13.6. The Bertz CT molecular complexity index is 830. The minimum atomic E-state index is -2.85. The van der Waals surface area contributed by atoms with Gasteiger partial charge in [0.25, 0.3) is 8.24 Å². The van der Waals surface area contributed by atoms with Crippen LogP contribution in [0.1, 0.15) is 27.7 Å². The van der Waals surface area contributed by atoms with E-state index in [1.807, 2.05) is 50.5 Å². The summed E-state index contributed by atoms with van der Waals surface area (Å²) in [5.74, 6) is 0.602. The van der Waals surface area contributed by atoms with E-state index in [0.717, 1.165) is 16.9 Å². The highest BCUT2D eigenvalue weighted by molar-refractivity contribution is 7.92. The molecule has 0 aliphatic rings. The van der Waals surface area contributed by atoms with E-state index >= 15 is 0 Å². The van der Waals surface area contributed by atoms with Crippen molar-refractivity contribution < 1.29 is 4.21 Å². The second kappa shape index (κ2) is 8.90. The van der Waals surface area contributed by atoms with Gasteiger partial charge in [-0.3, -0.25) is 4.03 Å². The summed E-state index contributed by atoms with van der Waals surface area (Å²) < 4.78 is 18.7. The van der Waals surface area contributed by atoms with E-state index in [9.17, 15) is 4.21 Å². The van der Waals surface area contributed by atoms with Crippen LogP contribution in [0.3, 0.4) is 0 Å². The largest absolute Gasteiger partial charge is 0.309 e. The highest BCUT2D eigenvalue weighted by Gasteiger charge is 2.50. The number of nitrogens with zero attached hydrogens (tertiary/aromatic N) is 2. The van der Waals surface area contributed by atoms with Gasteiger partial charge in [-0.25, -0.2) is 9.35 Å². The first-order valence-corrected chi connectivity index (χ1v) is 13.5. The Morgan fingerprint density at radius 2 is 1.43 bits per heavy atom. The predicted molar refractivity (Wildman–Crippen MR) is 125 cm³/mol. The van der Waals surface area contributed by atoms with Crippen LogP contribution in [0.5, 0.6) is 0 Å². The van der Waals surface area contributed by atoms with E-state index in [2.05, 4.69) is 56.9 Å².